The van der Waals surface area contributed by atoms with Gasteiger partial charge in [-0.25, -0.2) is 4.98 Å². The summed E-state index contributed by atoms with van der Waals surface area (Å²) in [7, 11) is 0. The molecule has 1 aromatic heterocycles. The molecular weight excluding hydrogens is 260 g/mol. The molecule has 0 unspecified atom stereocenters. The maximum atomic E-state index is 8.80. The van der Waals surface area contributed by atoms with Crippen molar-refractivity contribution in [2.45, 2.75) is 6.54 Å². The van der Waals surface area contributed by atoms with Crippen molar-refractivity contribution in [1.82, 2.24) is 9.55 Å². The van der Waals surface area contributed by atoms with Gasteiger partial charge in [0.2, 0.25) is 0 Å². The first-order valence-electron chi connectivity index (χ1n) is 6.67. The van der Waals surface area contributed by atoms with E-state index in [1.165, 1.54) is 0 Å². The van der Waals surface area contributed by atoms with Gasteiger partial charge >= 0.3 is 0 Å². The Bertz CT molecular complexity index is 752. The second kappa shape index (κ2) is 5.93. The molecule has 102 valence electrons. The topological polar surface area (TPSA) is 53.6 Å². The molecule has 3 rings (SSSR count). The van der Waals surface area contributed by atoms with Crippen LogP contribution < -0.4 is 5.32 Å². The summed E-state index contributed by atoms with van der Waals surface area (Å²) >= 11 is 0. The minimum atomic E-state index is 0.678. The van der Waals surface area contributed by atoms with Crippen LogP contribution in [0.4, 0.5) is 5.69 Å². The monoisotopic (exact) mass is 274 g/mol. The quantitative estimate of drug-likeness (QED) is 0.793. The molecule has 0 radical (unpaired) electrons. The fourth-order valence-corrected chi connectivity index (χ4v) is 2.14. The molecular formula is C17H14N4. The molecule has 0 atom stereocenters. The van der Waals surface area contributed by atoms with Crippen molar-refractivity contribution >= 4 is 5.69 Å². The van der Waals surface area contributed by atoms with E-state index in [1.807, 2.05) is 59.3 Å². The minimum Gasteiger partial charge on any atom is -0.379 e. The zero-order valence-electron chi connectivity index (χ0n) is 11.4. The molecule has 0 saturated heterocycles. The van der Waals surface area contributed by atoms with Crippen molar-refractivity contribution in [2.24, 2.45) is 0 Å². The second-order valence-corrected chi connectivity index (χ2v) is 4.65. The van der Waals surface area contributed by atoms with Crippen molar-refractivity contribution in [3.8, 4) is 11.8 Å². The van der Waals surface area contributed by atoms with Crippen LogP contribution >= 0.6 is 0 Å². The van der Waals surface area contributed by atoms with Crippen molar-refractivity contribution in [3.63, 3.8) is 0 Å². The molecule has 4 heteroatoms. The third kappa shape index (κ3) is 2.93. The highest BCUT2D eigenvalue weighted by molar-refractivity contribution is 5.61. The normalized spacial score (nSPS) is 10.0. The fourth-order valence-electron chi connectivity index (χ4n) is 2.14. The number of rotatable bonds is 4. The molecule has 1 heterocycles. The van der Waals surface area contributed by atoms with Crippen molar-refractivity contribution in [3.05, 3.63) is 78.4 Å². The third-order valence-corrected chi connectivity index (χ3v) is 3.25. The number of aromatic nitrogens is 2. The van der Waals surface area contributed by atoms with E-state index < -0.39 is 0 Å². The molecule has 0 amide bonds. The Morgan fingerprint density at radius 3 is 2.62 bits per heavy atom. The number of imidazole rings is 1. The van der Waals surface area contributed by atoms with Crippen LogP contribution in [0, 0.1) is 11.3 Å². The van der Waals surface area contributed by atoms with Gasteiger partial charge in [0.25, 0.3) is 0 Å². The molecule has 0 bridgehead atoms. The molecule has 4 nitrogen and oxygen atoms in total. The van der Waals surface area contributed by atoms with Crippen LogP contribution in [0.1, 0.15) is 11.1 Å². The lowest BCUT2D eigenvalue weighted by molar-refractivity contribution is 1.04. The summed E-state index contributed by atoms with van der Waals surface area (Å²) in [4.78, 5) is 4.08. The summed E-state index contributed by atoms with van der Waals surface area (Å²) in [5.74, 6) is 0. The van der Waals surface area contributed by atoms with Gasteiger partial charge in [0, 0.05) is 18.9 Å². The van der Waals surface area contributed by atoms with Crippen molar-refractivity contribution < 1.29 is 0 Å². The number of hydrogen-bond acceptors (Lipinski definition) is 3. The van der Waals surface area contributed by atoms with Gasteiger partial charge in [-0.2, -0.15) is 5.26 Å². The summed E-state index contributed by atoms with van der Waals surface area (Å²) in [6.45, 7) is 0.706. The molecule has 0 aliphatic heterocycles. The van der Waals surface area contributed by atoms with Crippen LogP contribution in [-0.4, -0.2) is 9.55 Å². The van der Waals surface area contributed by atoms with E-state index in [2.05, 4.69) is 16.4 Å². The van der Waals surface area contributed by atoms with Crippen molar-refractivity contribution in [1.29, 1.82) is 5.26 Å². The van der Waals surface area contributed by atoms with E-state index in [0.29, 0.717) is 12.1 Å². The van der Waals surface area contributed by atoms with E-state index in [-0.39, 0.29) is 0 Å². The summed E-state index contributed by atoms with van der Waals surface area (Å²) < 4.78 is 1.97. The lowest BCUT2D eigenvalue weighted by Crippen LogP contribution is -2.03. The highest BCUT2D eigenvalue weighted by Crippen LogP contribution is 2.20. The molecule has 0 aliphatic carbocycles. The largest absolute Gasteiger partial charge is 0.379 e. The number of nitrogens with one attached hydrogen (secondary N) is 1. The fraction of sp³-hybridized carbons (Fsp3) is 0.0588. The summed E-state index contributed by atoms with van der Waals surface area (Å²) in [5.41, 5.74) is 3.91. The molecule has 2 aromatic carbocycles. The van der Waals surface area contributed by atoms with Crippen LogP contribution in [0.3, 0.4) is 0 Å². The van der Waals surface area contributed by atoms with Gasteiger partial charge in [-0.3, -0.25) is 0 Å². The molecule has 0 aliphatic rings. The van der Waals surface area contributed by atoms with Gasteiger partial charge < -0.3 is 9.88 Å². The number of anilines is 1. The van der Waals surface area contributed by atoms with Gasteiger partial charge in [0.15, 0.2) is 0 Å². The van der Waals surface area contributed by atoms with E-state index in [1.54, 1.807) is 12.5 Å². The molecule has 0 saturated carbocycles. The first-order chi connectivity index (χ1) is 10.4. The predicted molar refractivity (Wildman–Crippen MR) is 82.0 cm³/mol. The Morgan fingerprint density at radius 1 is 1.10 bits per heavy atom. The van der Waals surface area contributed by atoms with Crippen LogP contribution in [0.2, 0.25) is 0 Å². The maximum Gasteiger partial charge on any atom is 0.0992 e. The Balaban J connectivity index is 1.78. The van der Waals surface area contributed by atoms with E-state index >= 15 is 0 Å². The van der Waals surface area contributed by atoms with Crippen LogP contribution in [0.5, 0.6) is 0 Å². The highest BCUT2D eigenvalue weighted by Gasteiger charge is 2.03. The second-order valence-electron chi connectivity index (χ2n) is 4.65. The summed E-state index contributed by atoms with van der Waals surface area (Å²) in [6, 6.07) is 17.8. The van der Waals surface area contributed by atoms with Crippen LogP contribution in [0.25, 0.3) is 5.69 Å². The Hall–Kier alpha value is -3.06. The molecule has 1 N–H and O–H groups in total. The Kier molecular flexibility index (Phi) is 3.66. The average Bonchev–Trinajstić information content (AvgIpc) is 3.08. The van der Waals surface area contributed by atoms with Gasteiger partial charge in [0.1, 0.15) is 0 Å². The summed E-state index contributed by atoms with van der Waals surface area (Å²) in [5, 5.41) is 12.2. The lowest BCUT2D eigenvalue weighted by Gasteiger charge is -2.12. The first-order valence-corrected chi connectivity index (χ1v) is 6.67. The standard InChI is InChI=1S/C17H14N4/c18-11-14-5-7-15(8-6-14)12-20-16-3-1-2-4-17(16)21-10-9-19-13-21/h1-10,13,20H,12H2. The Morgan fingerprint density at radius 2 is 1.90 bits per heavy atom. The minimum absolute atomic E-state index is 0.678. The maximum absolute atomic E-state index is 8.80. The number of hydrogen-bond donors (Lipinski definition) is 1. The predicted octanol–water partition coefficient (Wildman–Crippen LogP) is 3.36. The van der Waals surface area contributed by atoms with Crippen LogP contribution in [0.15, 0.2) is 67.3 Å². The first kappa shape index (κ1) is 12.9. The molecule has 0 spiro atoms. The average molecular weight is 274 g/mol. The van der Waals surface area contributed by atoms with Gasteiger partial charge in [-0.05, 0) is 29.8 Å². The third-order valence-electron chi connectivity index (χ3n) is 3.25. The Labute approximate surface area is 123 Å². The van der Waals surface area contributed by atoms with E-state index in [9.17, 15) is 0 Å². The van der Waals surface area contributed by atoms with Gasteiger partial charge in [-0.15, -0.1) is 0 Å². The smallest absolute Gasteiger partial charge is 0.0992 e. The van der Waals surface area contributed by atoms with Crippen LogP contribution in [-0.2, 0) is 6.54 Å². The molecule has 0 fully saturated rings. The van der Waals surface area contributed by atoms with Gasteiger partial charge in [-0.1, -0.05) is 24.3 Å². The molecule has 3 aromatic rings. The van der Waals surface area contributed by atoms with Crippen molar-refractivity contribution in [2.75, 3.05) is 5.32 Å². The zero-order chi connectivity index (χ0) is 14.5. The van der Waals surface area contributed by atoms with E-state index in [0.717, 1.165) is 16.9 Å². The number of benzene rings is 2. The van der Waals surface area contributed by atoms with E-state index in [4.69, 9.17) is 5.26 Å². The number of para-hydroxylation sites is 2. The highest BCUT2D eigenvalue weighted by atomic mass is 15.0. The number of nitrogens with zero attached hydrogens (tertiary/aromatic N) is 3. The SMILES string of the molecule is N#Cc1ccc(CNc2ccccc2-n2ccnc2)cc1. The summed E-state index contributed by atoms with van der Waals surface area (Å²) in [6.07, 6.45) is 5.46. The lowest BCUT2D eigenvalue weighted by atomic mass is 10.1. The zero-order valence-corrected chi connectivity index (χ0v) is 11.4. The van der Waals surface area contributed by atoms with Gasteiger partial charge in [0.05, 0.1) is 29.3 Å². The number of nitriles is 1. The molecule has 21 heavy (non-hydrogen) atoms.